The van der Waals surface area contributed by atoms with Crippen LogP contribution in [0.15, 0.2) is 18.2 Å². The maximum Gasteiger partial charge on any atom is 0.125 e. The number of ether oxygens (including phenoxy) is 2. The van der Waals surface area contributed by atoms with Crippen LogP contribution in [0.1, 0.15) is 12.5 Å². The van der Waals surface area contributed by atoms with Gasteiger partial charge >= 0.3 is 0 Å². The third-order valence-electron chi connectivity index (χ3n) is 2.27. The summed E-state index contributed by atoms with van der Waals surface area (Å²) >= 11 is 0. The lowest BCUT2D eigenvalue weighted by Crippen LogP contribution is -2.02. The van der Waals surface area contributed by atoms with Crippen molar-refractivity contribution in [1.82, 2.24) is 0 Å². The molecule has 0 amide bonds. The summed E-state index contributed by atoms with van der Waals surface area (Å²) in [6.07, 6.45) is 1.64. The fourth-order valence-corrected chi connectivity index (χ4v) is 1.42. The predicted molar refractivity (Wildman–Crippen MR) is 58.5 cm³/mol. The first-order valence-electron chi connectivity index (χ1n) is 4.87. The van der Waals surface area contributed by atoms with Crippen LogP contribution in [0.5, 0.6) is 11.5 Å². The highest BCUT2D eigenvalue weighted by Crippen LogP contribution is 2.26. The van der Waals surface area contributed by atoms with E-state index in [0.29, 0.717) is 6.42 Å². The molecule has 0 saturated carbocycles. The standard InChI is InChI=1S/C12H16O3/c1-9(8-13)6-10-4-5-11(14-2)7-12(10)15-3/h4-5,7-9H,6H2,1-3H3. The van der Waals surface area contributed by atoms with Crippen LogP contribution in [0.4, 0.5) is 0 Å². The van der Waals surface area contributed by atoms with Crippen molar-refractivity contribution in [2.75, 3.05) is 14.2 Å². The summed E-state index contributed by atoms with van der Waals surface area (Å²) in [7, 11) is 3.23. The van der Waals surface area contributed by atoms with Crippen LogP contribution >= 0.6 is 0 Å². The van der Waals surface area contributed by atoms with E-state index in [1.165, 1.54) is 0 Å². The van der Waals surface area contributed by atoms with Gasteiger partial charge < -0.3 is 14.3 Å². The zero-order chi connectivity index (χ0) is 11.3. The summed E-state index contributed by atoms with van der Waals surface area (Å²) in [4.78, 5) is 10.6. The van der Waals surface area contributed by atoms with Gasteiger partial charge in [-0.05, 0) is 18.1 Å². The largest absolute Gasteiger partial charge is 0.497 e. The molecule has 0 aliphatic rings. The van der Waals surface area contributed by atoms with E-state index in [1.807, 2.05) is 25.1 Å². The van der Waals surface area contributed by atoms with Gasteiger partial charge in [-0.15, -0.1) is 0 Å². The maximum atomic E-state index is 10.6. The Morgan fingerprint density at radius 2 is 2.07 bits per heavy atom. The highest BCUT2D eigenvalue weighted by atomic mass is 16.5. The predicted octanol–water partition coefficient (Wildman–Crippen LogP) is 2.08. The fourth-order valence-electron chi connectivity index (χ4n) is 1.42. The van der Waals surface area contributed by atoms with Gasteiger partial charge in [0, 0.05) is 12.0 Å². The van der Waals surface area contributed by atoms with Gasteiger partial charge in [-0.1, -0.05) is 13.0 Å². The van der Waals surface area contributed by atoms with Crippen molar-refractivity contribution < 1.29 is 14.3 Å². The van der Waals surface area contributed by atoms with Crippen molar-refractivity contribution in [3.8, 4) is 11.5 Å². The molecule has 15 heavy (non-hydrogen) atoms. The van der Waals surface area contributed by atoms with Crippen LogP contribution in [0, 0.1) is 5.92 Å². The van der Waals surface area contributed by atoms with Crippen LogP contribution in [0.2, 0.25) is 0 Å². The molecule has 0 saturated heterocycles. The third-order valence-corrected chi connectivity index (χ3v) is 2.27. The second-order valence-corrected chi connectivity index (χ2v) is 3.50. The lowest BCUT2D eigenvalue weighted by molar-refractivity contribution is -0.110. The molecular weight excluding hydrogens is 192 g/mol. The molecule has 0 aliphatic carbocycles. The molecular formula is C12H16O3. The molecule has 1 unspecified atom stereocenters. The van der Waals surface area contributed by atoms with E-state index in [2.05, 4.69) is 0 Å². The zero-order valence-corrected chi connectivity index (χ0v) is 9.32. The fraction of sp³-hybridized carbons (Fsp3) is 0.417. The Hall–Kier alpha value is -1.51. The molecule has 3 heteroatoms. The number of rotatable bonds is 5. The Labute approximate surface area is 90.0 Å². The Morgan fingerprint density at radius 1 is 1.33 bits per heavy atom. The summed E-state index contributed by atoms with van der Waals surface area (Å²) in [5.74, 6) is 1.53. The molecule has 0 aromatic heterocycles. The quantitative estimate of drug-likeness (QED) is 0.695. The summed E-state index contributed by atoms with van der Waals surface area (Å²) < 4.78 is 10.3. The van der Waals surface area contributed by atoms with Gasteiger partial charge in [0.1, 0.15) is 17.8 Å². The molecule has 1 aromatic carbocycles. The SMILES string of the molecule is COc1ccc(CC(C)C=O)c(OC)c1. The Kier molecular flexibility index (Phi) is 4.16. The van der Waals surface area contributed by atoms with E-state index in [4.69, 9.17) is 9.47 Å². The molecule has 0 radical (unpaired) electrons. The highest BCUT2D eigenvalue weighted by molar-refractivity contribution is 5.54. The molecule has 0 spiro atoms. The number of benzene rings is 1. The number of carbonyl (C=O) groups excluding carboxylic acids is 1. The minimum Gasteiger partial charge on any atom is -0.497 e. The van der Waals surface area contributed by atoms with Gasteiger partial charge in [0.2, 0.25) is 0 Å². The Bertz CT molecular complexity index is 334. The summed E-state index contributed by atoms with van der Waals surface area (Å²) in [6, 6.07) is 5.62. The molecule has 0 aliphatic heterocycles. The van der Waals surface area contributed by atoms with Crippen LogP contribution in [0.25, 0.3) is 0 Å². The van der Waals surface area contributed by atoms with Gasteiger partial charge in [0.15, 0.2) is 0 Å². The second kappa shape index (κ2) is 5.39. The summed E-state index contributed by atoms with van der Waals surface area (Å²) in [5, 5.41) is 0. The number of hydrogen-bond acceptors (Lipinski definition) is 3. The first-order valence-corrected chi connectivity index (χ1v) is 4.87. The van der Waals surface area contributed by atoms with E-state index < -0.39 is 0 Å². The molecule has 0 heterocycles. The molecule has 82 valence electrons. The number of aldehydes is 1. The monoisotopic (exact) mass is 208 g/mol. The number of carbonyl (C=O) groups is 1. The molecule has 3 nitrogen and oxygen atoms in total. The first-order chi connectivity index (χ1) is 7.21. The molecule has 0 fully saturated rings. The van der Waals surface area contributed by atoms with E-state index in [1.54, 1.807) is 14.2 Å². The number of methoxy groups -OCH3 is 2. The lowest BCUT2D eigenvalue weighted by atomic mass is 10.0. The van der Waals surface area contributed by atoms with Gasteiger partial charge in [-0.25, -0.2) is 0 Å². The van der Waals surface area contributed by atoms with Crippen molar-refractivity contribution in [2.24, 2.45) is 5.92 Å². The average molecular weight is 208 g/mol. The molecule has 1 aromatic rings. The minimum atomic E-state index is 0.00675. The molecule has 1 atom stereocenters. The van der Waals surface area contributed by atoms with Crippen LogP contribution in [-0.4, -0.2) is 20.5 Å². The van der Waals surface area contributed by atoms with Crippen molar-refractivity contribution in [3.05, 3.63) is 23.8 Å². The van der Waals surface area contributed by atoms with Gasteiger partial charge in [-0.3, -0.25) is 0 Å². The van der Waals surface area contributed by atoms with Crippen LogP contribution in [0.3, 0.4) is 0 Å². The Morgan fingerprint density at radius 3 is 2.60 bits per heavy atom. The molecule has 1 rings (SSSR count). The van der Waals surface area contributed by atoms with Crippen molar-refractivity contribution >= 4 is 6.29 Å². The van der Waals surface area contributed by atoms with Crippen LogP contribution in [-0.2, 0) is 11.2 Å². The highest BCUT2D eigenvalue weighted by Gasteiger charge is 2.08. The molecule has 0 bridgehead atoms. The first kappa shape index (κ1) is 11.6. The lowest BCUT2D eigenvalue weighted by Gasteiger charge is -2.11. The molecule has 0 N–H and O–H groups in total. The van der Waals surface area contributed by atoms with E-state index in [9.17, 15) is 4.79 Å². The van der Waals surface area contributed by atoms with E-state index >= 15 is 0 Å². The van der Waals surface area contributed by atoms with Crippen molar-refractivity contribution in [1.29, 1.82) is 0 Å². The number of hydrogen-bond donors (Lipinski definition) is 0. The zero-order valence-electron chi connectivity index (χ0n) is 9.32. The second-order valence-electron chi connectivity index (χ2n) is 3.50. The summed E-state index contributed by atoms with van der Waals surface area (Å²) in [5.41, 5.74) is 1.03. The minimum absolute atomic E-state index is 0.00675. The van der Waals surface area contributed by atoms with Crippen molar-refractivity contribution in [2.45, 2.75) is 13.3 Å². The van der Waals surface area contributed by atoms with E-state index in [-0.39, 0.29) is 5.92 Å². The van der Waals surface area contributed by atoms with Crippen LogP contribution < -0.4 is 9.47 Å². The third kappa shape index (κ3) is 2.98. The normalized spacial score (nSPS) is 11.9. The van der Waals surface area contributed by atoms with Gasteiger partial charge in [-0.2, -0.15) is 0 Å². The van der Waals surface area contributed by atoms with E-state index in [0.717, 1.165) is 23.3 Å². The van der Waals surface area contributed by atoms with Gasteiger partial charge in [0.25, 0.3) is 0 Å². The topological polar surface area (TPSA) is 35.5 Å². The average Bonchev–Trinajstić information content (AvgIpc) is 2.29. The smallest absolute Gasteiger partial charge is 0.125 e. The van der Waals surface area contributed by atoms with Crippen molar-refractivity contribution in [3.63, 3.8) is 0 Å². The van der Waals surface area contributed by atoms with Gasteiger partial charge in [0.05, 0.1) is 14.2 Å². The Balaban J connectivity index is 2.91. The maximum absolute atomic E-state index is 10.6. The summed E-state index contributed by atoms with van der Waals surface area (Å²) in [6.45, 7) is 1.89.